The molecular formula is C16H21ClN2O5S. The molecule has 9 heteroatoms. The molecule has 0 bridgehead atoms. The maximum Gasteiger partial charge on any atom is 0.340 e. The van der Waals surface area contributed by atoms with Crippen LogP contribution in [0.5, 0.6) is 0 Å². The summed E-state index contributed by atoms with van der Waals surface area (Å²) in [6.45, 7) is 2.83. The molecule has 2 rings (SSSR count). The normalized spacial score (nSPS) is 14.2. The summed E-state index contributed by atoms with van der Waals surface area (Å²) in [5.41, 5.74) is -0.148. The van der Waals surface area contributed by atoms with E-state index in [9.17, 15) is 18.0 Å². The van der Waals surface area contributed by atoms with Crippen molar-refractivity contribution >= 4 is 33.5 Å². The molecule has 0 aliphatic heterocycles. The van der Waals surface area contributed by atoms with Crippen LogP contribution in [0.4, 0.5) is 0 Å². The SMILES string of the molecule is CCCN(CC1CC1)C(=O)COC(=O)c1cc(S(N)(=O)=O)ccc1Cl. The standard InChI is InChI=1S/C16H21ClN2O5S/c1-2-7-19(9-11-3-4-11)15(20)10-24-16(21)13-8-12(25(18,22)23)5-6-14(13)17/h5-6,8,11H,2-4,7,9-10H2,1H3,(H2,18,22,23). The first-order chi connectivity index (χ1) is 11.7. The highest BCUT2D eigenvalue weighted by molar-refractivity contribution is 7.89. The van der Waals surface area contributed by atoms with E-state index in [1.54, 1.807) is 4.90 Å². The van der Waals surface area contributed by atoms with E-state index >= 15 is 0 Å². The van der Waals surface area contributed by atoms with E-state index in [1.165, 1.54) is 12.1 Å². The Kier molecular flexibility index (Phi) is 6.42. The van der Waals surface area contributed by atoms with Crippen molar-refractivity contribution < 1.29 is 22.7 Å². The molecule has 1 aliphatic carbocycles. The first-order valence-electron chi connectivity index (χ1n) is 7.99. The van der Waals surface area contributed by atoms with Crippen LogP contribution < -0.4 is 5.14 Å². The summed E-state index contributed by atoms with van der Waals surface area (Å²) in [4.78, 5) is 25.8. The zero-order chi connectivity index (χ0) is 18.6. The number of benzene rings is 1. The average Bonchev–Trinajstić information content (AvgIpc) is 3.35. The second kappa shape index (κ2) is 8.16. The molecule has 1 amide bonds. The molecule has 2 N–H and O–H groups in total. The fourth-order valence-corrected chi connectivity index (χ4v) is 3.07. The molecule has 1 saturated carbocycles. The summed E-state index contributed by atoms with van der Waals surface area (Å²) >= 11 is 5.91. The lowest BCUT2D eigenvalue weighted by Crippen LogP contribution is -2.36. The number of halogens is 1. The number of nitrogens with zero attached hydrogens (tertiary/aromatic N) is 1. The molecule has 0 atom stereocenters. The minimum Gasteiger partial charge on any atom is -0.452 e. The van der Waals surface area contributed by atoms with Crippen molar-refractivity contribution in [2.75, 3.05) is 19.7 Å². The Bertz CT molecular complexity index is 762. The first-order valence-corrected chi connectivity index (χ1v) is 9.92. The van der Waals surface area contributed by atoms with E-state index in [4.69, 9.17) is 21.5 Å². The Hall–Kier alpha value is -1.64. The summed E-state index contributed by atoms with van der Waals surface area (Å²) in [6, 6.07) is 3.48. The van der Waals surface area contributed by atoms with Crippen LogP contribution >= 0.6 is 11.6 Å². The van der Waals surface area contributed by atoms with Crippen LogP contribution in [0, 0.1) is 5.92 Å². The summed E-state index contributed by atoms with van der Waals surface area (Å²) in [5.74, 6) is -0.611. The van der Waals surface area contributed by atoms with Gasteiger partial charge in [0, 0.05) is 13.1 Å². The van der Waals surface area contributed by atoms with Gasteiger partial charge in [-0.05, 0) is 43.4 Å². The highest BCUT2D eigenvalue weighted by atomic mass is 35.5. The lowest BCUT2D eigenvalue weighted by Gasteiger charge is -2.21. The molecule has 0 heterocycles. The Morgan fingerprint density at radius 2 is 2.04 bits per heavy atom. The number of sulfonamides is 1. The summed E-state index contributed by atoms with van der Waals surface area (Å²) in [7, 11) is -3.98. The highest BCUT2D eigenvalue weighted by Gasteiger charge is 2.27. The number of carbonyl (C=O) groups excluding carboxylic acids is 2. The number of hydrogen-bond donors (Lipinski definition) is 1. The molecule has 0 unspecified atom stereocenters. The van der Waals surface area contributed by atoms with E-state index in [-0.39, 0.29) is 21.4 Å². The number of rotatable bonds is 8. The van der Waals surface area contributed by atoms with E-state index in [0.29, 0.717) is 19.0 Å². The average molecular weight is 389 g/mol. The number of amides is 1. The van der Waals surface area contributed by atoms with Gasteiger partial charge >= 0.3 is 5.97 Å². The number of ether oxygens (including phenoxy) is 1. The smallest absolute Gasteiger partial charge is 0.340 e. The van der Waals surface area contributed by atoms with Gasteiger partial charge in [0.2, 0.25) is 10.0 Å². The monoisotopic (exact) mass is 388 g/mol. The molecule has 0 saturated heterocycles. The molecule has 1 aromatic carbocycles. The molecule has 0 radical (unpaired) electrons. The van der Waals surface area contributed by atoms with Gasteiger partial charge in [-0.1, -0.05) is 18.5 Å². The topological polar surface area (TPSA) is 107 Å². The molecule has 1 aromatic rings. The second-order valence-corrected chi connectivity index (χ2v) is 8.01. The van der Waals surface area contributed by atoms with Crippen LogP contribution in [-0.2, 0) is 19.6 Å². The zero-order valence-electron chi connectivity index (χ0n) is 13.9. The van der Waals surface area contributed by atoms with Crippen LogP contribution in [0.1, 0.15) is 36.5 Å². The largest absolute Gasteiger partial charge is 0.452 e. The lowest BCUT2D eigenvalue weighted by atomic mass is 10.2. The first kappa shape index (κ1) is 19.7. The maximum atomic E-state index is 12.2. The van der Waals surface area contributed by atoms with E-state index in [1.807, 2.05) is 6.92 Å². The lowest BCUT2D eigenvalue weighted by molar-refractivity contribution is -0.134. The second-order valence-electron chi connectivity index (χ2n) is 6.05. The van der Waals surface area contributed by atoms with Crippen LogP contribution in [0.2, 0.25) is 5.02 Å². The molecular weight excluding hydrogens is 368 g/mol. The Morgan fingerprint density at radius 1 is 1.36 bits per heavy atom. The van der Waals surface area contributed by atoms with Crippen molar-refractivity contribution in [2.45, 2.75) is 31.1 Å². The number of nitrogens with two attached hydrogens (primary N) is 1. The number of hydrogen-bond acceptors (Lipinski definition) is 5. The van der Waals surface area contributed by atoms with Gasteiger partial charge in [0.1, 0.15) is 0 Å². The Morgan fingerprint density at radius 3 is 2.60 bits per heavy atom. The molecule has 138 valence electrons. The maximum absolute atomic E-state index is 12.2. The minimum absolute atomic E-state index is 0.0215. The summed E-state index contributed by atoms with van der Waals surface area (Å²) < 4.78 is 27.8. The highest BCUT2D eigenvalue weighted by Crippen LogP contribution is 2.29. The molecule has 25 heavy (non-hydrogen) atoms. The predicted octanol–water partition coefficient (Wildman–Crippen LogP) is 1.79. The van der Waals surface area contributed by atoms with Crippen molar-refractivity contribution in [3.05, 3.63) is 28.8 Å². The molecule has 1 aliphatic rings. The number of esters is 1. The zero-order valence-corrected chi connectivity index (χ0v) is 15.5. The van der Waals surface area contributed by atoms with Gasteiger partial charge < -0.3 is 9.64 Å². The van der Waals surface area contributed by atoms with Gasteiger partial charge in [0.05, 0.1) is 15.5 Å². The molecule has 7 nitrogen and oxygen atoms in total. The van der Waals surface area contributed by atoms with Gasteiger partial charge in [-0.3, -0.25) is 4.79 Å². The van der Waals surface area contributed by atoms with Gasteiger partial charge in [-0.15, -0.1) is 0 Å². The summed E-state index contributed by atoms with van der Waals surface area (Å²) in [5, 5.41) is 5.06. The van der Waals surface area contributed by atoms with Gasteiger partial charge in [-0.25, -0.2) is 18.4 Å². The third kappa shape index (κ3) is 5.69. The number of primary sulfonamides is 1. The quantitative estimate of drug-likeness (QED) is 0.683. The van der Waals surface area contributed by atoms with Crippen molar-refractivity contribution in [1.29, 1.82) is 0 Å². The predicted molar refractivity (Wildman–Crippen MR) is 92.7 cm³/mol. The van der Waals surface area contributed by atoms with Crippen molar-refractivity contribution in [2.24, 2.45) is 11.1 Å². The third-order valence-electron chi connectivity index (χ3n) is 3.83. The van der Waals surface area contributed by atoms with E-state index < -0.39 is 22.6 Å². The van der Waals surface area contributed by atoms with Gasteiger partial charge in [0.25, 0.3) is 5.91 Å². The number of carbonyl (C=O) groups is 2. The molecule has 0 spiro atoms. The van der Waals surface area contributed by atoms with Crippen molar-refractivity contribution in [3.8, 4) is 0 Å². The van der Waals surface area contributed by atoms with E-state index in [0.717, 1.165) is 25.3 Å². The van der Waals surface area contributed by atoms with Gasteiger partial charge in [-0.2, -0.15) is 0 Å². The van der Waals surface area contributed by atoms with Crippen LogP contribution in [0.25, 0.3) is 0 Å². The van der Waals surface area contributed by atoms with Crippen LogP contribution in [0.15, 0.2) is 23.1 Å². The van der Waals surface area contributed by atoms with Crippen LogP contribution in [-0.4, -0.2) is 44.9 Å². The fraction of sp³-hybridized carbons (Fsp3) is 0.500. The van der Waals surface area contributed by atoms with Gasteiger partial charge in [0.15, 0.2) is 6.61 Å². The van der Waals surface area contributed by atoms with Crippen molar-refractivity contribution in [1.82, 2.24) is 4.90 Å². The van der Waals surface area contributed by atoms with Crippen molar-refractivity contribution in [3.63, 3.8) is 0 Å². The molecule has 0 aromatic heterocycles. The third-order valence-corrected chi connectivity index (χ3v) is 5.08. The molecule has 1 fully saturated rings. The van der Waals surface area contributed by atoms with E-state index in [2.05, 4.69) is 0 Å². The Labute approximate surface area is 152 Å². The fourth-order valence-electron chi connectivity index (χ4n) is 2.33. The van der Waals surface area contributed by atoms with Crippen LogP contribution in [0.3, 0.4) is 0 Å². The Balaban J connectivity index is 2.02. The minimum atomic E-state index is -3.98. The summed E-state index contributed by atoms with van der Waals surface area (Å²) in [6.07, 6.45) is 3.04.